The summed E-state index contributed by atoms with van der Waals surface area (Å²) < 4.78 is 39.6. The molecule has 0 spiro atoms. The van der Waals surface area contributed by atoms with Crippen LogP contribution in [0.2, 0.25) is 0 Å². The van der Waals surface area contributed by atoms with Crippen LogP contribution in [-0.2, 0) is 4.74 Å². The summed E-state index contributed by atoms with van der Waals surface area (Å²) in [6.45, 7) is 0. The summed E-state index contributed by atoms with van der Waals surface area (Å²) in [5.74, 6) is -1.56. The van der Waals surface area contributed by atoms with Crippen LogP contribution in [0.5, 0.6) is 0 Å². The Balaban J connectivity index is 2.30. The number of rotatable bonds is 1. The number of fused-ring (bicyclic) bond motifs is 1. The first kappa shape index (κ1) is 10.4. The number of hydrogen-bond donors (Lipinski definition) is 0. The smallest absolute Gasteiger partial charge is 0.368 e. The van der Waals surface area contributed by atoms with Gasteiger partial charge in [0.1, 0.15) is 0 Å². The molecule has 2 rings (SSSR count). The molecule has 8 heteroatoms. The van der Waals surface area contributed by atoms with E-state index in [1.807, 2.05) is 0 Å². The van der Waals surface area contributed by atoms with Gasteiger partial charge in [-0.2, -0.15) is 5.10 Å². The SMILES string of the molecule is O=C(OC(F)(F)F)c1cc2ncccn2n1. The van der Waals surface area contributed by atoms with Crippen LogP contribution >= 0.6 is 0 Å². The molecule has 5 nitrogen and oxygen atoms in total. The van der Waals surface area contributed by atoms with Crippen molar-refractivity contribution in [2.45, 2.75) is 6.36 Å². The van der Waals surface area contributed by atoms with Gasteiger partial charge in [0.15, 0.2) is 11.3 Å². The van der Waals surface area contributed by atoms with Gasteiger partial charge in [0, 0.05) is 18.5 Å². The molecule has 0 aliphatic carbocycles. The van der Waals surface area contributed by atoms with Gasteiger partial charge in [-0.3, -0.25) is 0 Å². The quantitative estimate of drug-likeness (QED) is 0.696. The van der Waals surface area contributed by atoms with Crippen molar-refractivity contribution in [3.8, 4) is 0 Å². The van der Waals surface area contributed by atoms with Crippen molar-refractivity contribution in [2.75, 3.05) is 0 Å². The van der Waals surface area contributed by atoms with Crippen molar-refractivity contribution in [2.24, 2.45) is 0 Å². The van der Waals surface area contributed by atoms with E-state index < -0.39 is 18.0 Å². The maximum absolute atomic E-state index is 11.8. The molecule has 0 atom stereocenters. The molecule has 0 N–H and O–H groups in total. The number of nitrogens with zero attached hydrogens (tertiary/aromatic N) is 3. The molecule has 0 amide bonds. The third-order valence-electron chi connectivity index (χ3n) is 1.65. The van der Waals surface area contributed by atoms with E-state index in [1.165, 1.54) is 23.0 Å². The Hall–Kier alpha value is -2.12. The van der Waals surface area contributed by atoms with Crippen LogP contribution < -0.4 is 0 Å². The van der Waals surface area contributed by atoms with Gasteiger partial charge >= 0.3 is 12.3 Å². The molecule has 84 valence electrons. The van der Waals surface area contributed by atoms with Gasteiger partial charge in [0.2, 0.25) is 0 Å². The van der Waals surface area contributed by atoms with E-state index in [0.29, 0.717) is 0 Å². The summed E-state index contributed by atoms with van der Waals surface area (Å²) in [5, 5.41) is 3.58. The van der Waals surface area contributed by atoms with E-state index in [0.717, 1.165) is 6.07 Å². The fourth-order valence-corrected chi connectivity index (χ4v) is 1.09. The Kier molecular flexibility index (Phi) is 2.26. The van der Waals surface area contributed by atoms with E-state index in [9.17, 15) is 18.0 Å². The van der Waals surface area contributed by atoms with Crippen LogP contribution in [0.1, 0.15) is 10.5 Å². The maximum Gasteiger partial charge on any atom is 0.575 e. The molecule has 0 unspecified atom stereocenters. The number of aromatic nitrogens is 3. The predicted molar refractivity (Wildman–Crippen MR) is 44.5 cm³/mol. The van der Waals surface area contributed by atoms with Crippen LogP contribution in [-0.4, -0.2) is 26.9 Å². The average molecular weight is 231 g/mol. The van der Waals surface area contributed by atoms with E-state index in [-0.39, 0.29) is 5.65 Å². The zero-order valence-electron chi connectivity index (χ0n) is 7.60. The standard InChI is InChI=1S/C8H4F3N3O2/c9-8(10,11)16-7(15)5-4-6-12-2-1-3-14(6)13-5/h1-4H. The first-order valence-electron chi connectivity index (χ1n) is 4.06. The van der Waals surface area contributed by atoms with Crippen molar-refractivity contribution >= 4 is 11.6 Å². The molecule has 0 saturated heterocycles. The predicted octanol–water partition coefficient (Wildman–Crippen LogP) is 1.41. The van der Waals surface area contributed by atoms with Crippen LogP contribution in [0, 0.1) is 0 Å². The highest BCUT2D eigenvalue weighted by molar-refractivity contribution is 5.88. The highest BCUT2D eigenvalue weighted by Gasteiger charge is 2.35. The summed E-state index contributed by atoms with van der Waals surface area (Å²) in [7, 11) is 0. The van der Waals surface area contributed by atoms with E-state index in [1.54, 1.807) is 0 Å². The van der Waals surface area contributed by atoms with Crippen LogP contribution in [0.25, 0.3) is 5.65 Å². The number of ether oxygens (including phenoxy) is 1. The summed E-state index contributed by atoms with van der Waals surface area (Å²) in [6.07, 6.45) is -2.14. The lowest BCUT2D eigenvalue weighted by Crippen LogP contribution is -2.19. The number of hydrogen-bond acceptors (Lipinski definition) is 4. The number of carbonyl (C=O) groups is 1. The molecule has 0 aromatic carbocycles. The lowest BCUT2D eigenvalue weighted by Gasteiger charge is -2.04. The maximum atomic E-state index is 11.8. The zero-order valence-corrected chi connectivity index (χ0v) is 7.60. The third-order valence-corrected chi connectivity index (χ3v) is 1.65. The third kappa shape index (κ3) is 2.10. The molecule has 2 heterocycles. The summed E-state index contributed by atoms with van der Waals surface area (Å²) >= 11 is 0. The first-order valence-corrected chi connectivity index (χ1v) is 4.06. The summed E-state index contributed by atoms with van der Waals surface area (Å²) in [4.78, 5) is 14.8. The zero-order chi connectivity index (χ0) is 11.8. The second kappa shape index (κ2) is 3.47. The van der Waals surface area contributed by atoms with Crippen molar-refractivity contribution in [3.63, 3.8) is 0 Å². The normalized spacial score (nSPS) is 11.7. The molecule has 0 aliphatic heterocycles. The second-order valence-corrected chi connectivity index (χ2v) is 2.79. The first-order chi connectivity index (χ1) is 7.46. The van der Waals surface area contributed by atoms with Crippen molar-refractivity contribution in [1.29, 1.82) is 0 Å². The fourth-order valence-electron chi connectivity index (χ4n) is 1.09. The number of carbonyl (C=O) groups excluding carboxylic acids is 1. The Morgan fingerprint density at radius 3 is 2.81 bits per heavy atom. The minimum atomic E-state index is -5.01. The van der Waals surface area contributed by atoms with E-state index >= 15 is 0 Å². The molecule has 0 bridgehead atoms. The van der Waals surface area contributed by atoms with Gasteiger partial charge in [0.25, 0.3) is 0 Å². The summed E-state index contributed by atoms with van der Waals surface area (Å²) in [5.41, 5.74) is -0.187. The Morgan fingerprint density at radius 2 is 2.19 bits per heavy atom. The lowest BCUT2D eigenvalue weighted by molar-refractivity contribution is -0.292. The fraction of sp³-hybridized carbons (Fsp3) is 0.125. The highest BCUT2D eigenvalue weighted by Crippen LogP contribution is 2.18. The van der Waals surface area contributed by atoms with Gasteiger partial charge in [-0.05, 0) is 6.07 Å². The van der Waals surface area contributed by atoms with Gasteiger partial charge in [-0.15, -0.1) is 13.2 Å². The largest absolute Gasteiger partial charge is 0.575 e. The molecule has 0 saturated carbocycles. The molecule has 16 heavy (non-hydrogen) atoms. The summed E-state index contributed by atoms with van der Waals surface area (Å²) in [6, 6.07) is 2.63. The number of halogens is 3. The minimum absolute atomic E-state index is 0.261. The molecule has 0 aliphatic rings. The number of esters is 1. The van der Waals surface area contributed by atoms with Crippen LogP contribution in [0.15, 0.2) is 24.5 Å². The highest BCUT2D eigenvalue weighted by atomic mass is 19.4. The van der Waals surface area contributed by atoms with Crippen LogP contribution in [0.4, 0.5) is 13.2 Å². The van der Waals surface area contributed by atoms with Gasteiger partial charge < -0.3 is 4.74 Å². The van der Waals surface area contributed by atoms with Crippen molar-refractivity contribution in [3.05, 3.63) is 30.2 Å². The van der Waals surface area contributed by atoms with Crippen LogP contribution in [0.3, 0.4) is 0 Å². The van der Waals surface area contributed by atoms with Crippen molar-refractivity contribution in [1.82, 2.24) is 14.6 Å². The molecule has 2 aromatic rings. The van der Waals surface area contributed by atoms with E-state index in [4.69, 9.17) is 0 Å². The molecule has 0 radical (unpaired) electrons. The molecular formula is C8H4F3N3O2. The average Bonchev–Trinajstić information content (AvgIpc) is 2.58. The van der Waals surface area contributed by atoms with Crippen molar-refractivity contribution < 1.29 is 22.7 Å². The van der Waals surface area contributed by atoms with E-state index in [2.05, 4.69) is 14.8 Å². The van der Waals surface area contributed by atoms with Gasteiger partial charge in [-0.25, -0.2) is 14.3 Å². The molecule has 2 aromatic heterocycles. The van der Waals surface area contributed by atoms with Gasteiger partial charge in [0.05, 0.1) is 0 Å². The Morgan fingerprint density at radius 1 is 1.44 bits per heavy atom. The lowest BCUT2D eigenvalue weighted by atomic mass is 10.4. The Bertz CT molecular complexity index is 502. The Labute approximate surface area is 86.5 Å². The monoisotopic (exact) mass is 231 g/mol. The number of alkyl halides is 3. The molecule has 0 fully saturated rings. The minimum Gasteiger partial charge on any atom is -0.368 e. The topological polar surface area (TPSA) is 56.5 Å². The second-order valence-electron chi connectivity index (χ2n) is 2.79. The molecular weight excluding hydrogens is 227 g/mol. The van der Waals surface area contributed by atoms with Gasteiger partial charge in [-0.1, -0.05) is 0 Å².